The number of aliphatic hydroxyl groups is 5. The lowest BCUT2D eigenvalue weighted by Crippen LogP contribution is -2.65. The van der Waals surface area contributed by atoms with Crippen molar-refractivity contribution in [3.05, 3.63) is 0 Å². The second kappa shape index (κ2) is 9.60. The second-order valence-electron chi connectivity index (χ2n) is 4.71. The average Bonchev–Trinajstić information content (AvgIpc) is 2.43. The van der Waals surface area contributed by atoms with Gasteiger partial charge in [-0.25, -0.2) is 0 Å². The monoisotopic (exact) mass is 280 g/mol. The van der Waals surface area contributed by atoms with Gasteiger partial charge in [-0.05, 0) is 12.8 Å². The summed E-state index contributed by atoms with van der Waals surface area (Å²) in [7, 11) is 0. The third-order valence-electron chi connectivity index (χ3n) is 3.19. The van der Waals surface area contributed by atoms with E-state index in [1.54, 1.807) is 13.8 Å². The third kappa shape index (κ3) is 6.62. The Bertz CT molecular complexity index is 212. The molecule has 0 spiro atoms. The van der Waals surface area contributed by atoms with E-state index in [-0.39, 0.29) is 13.1 Å². The Morgan fingerprint density at radius 1 is 0.895 bits per heavy atom. The predicted octanol–water partition coefficient (Wildman–Crippen LogP) is -2.05. The molecule has 2 atom stereocenters. The SMILES string of the molecule is CCC(O)CNC(O)(NCC(O)CC)C(CO)CO. The first kappa shape index (κ1) is 18.7. The van der Waals surface area contributed by atoms with Gasteiger partial charge in [-0.1, -0.05) is 13.8 Å². The first-order chi connectivity index (χ1) is 8.93. The van der Waals surface area contributed by atoms with E-state index in [2.05, 4.69) is 10.6 Å². The molecule has 0 aliphatic carbocycles. The average molecular weight is 280 g/mol. The fourth-order valence-corrected chi connectivity index (χ4v) is 1.51. The molecule has 7 heteroatoms. The Labute approximate surface area is 114 Å². The van der Waals surface area contributed by atoms with Crippen LogP contribution in [0.1, 0.15) is 26.7 Å². The van der Waals surface area contributed by atoms with Crippen LogP contribution in [0.25, 0.3) is 0 Å². The molecule has 0 aliphatic rings. The molecule has 0 aromatic carbocycles. The first-order valence-electron chi connectivity index (χ1n) is 6.73. The van der Waals surface area contributed by atoms with Gasteiger partial charge < -0.3 is 25.5 Å². The highest BCUT2D eigenvalue weighted by Gasteiger charge is 2.36. The topological polar surface area (TPSA) is 125 Å². The molecule has 7 nitrogen and oxygen atoms in total. The molecule has 0 rings (SSSR count). The Hall–Kier alpha value is -0.280. The van der Waals surface area contributed by atoms with E-state index in [0.29, 0.717) is 12.8 Å². The molecule has 7 N–H and O–H groups in total. The minimum atomic E-state index is -1.74. The van der Waals surface area contributed by atoms with Crippen molar-refractivity contribution < 1.29 is 25.5 Å². The van der Waals surface area contributed by atoms with E-state index in [4.69, 9.17) is 0 Å². The lowest BCUT2D eigenvalue weighted by Gasteiger charge is -2.37. The quantitative estimate of drug-likeness (QED) is 0.217. The molecule has 0 bridgehead atoms. The van der Waals surface area contributed by atoms with Crippen molar-refractivity contribution in [1.82, 2.24) is 10.6 Å². The Kier molecular flexibility index (Phi) is 9.46. The summed E-state index contributed by atoms with van der Waals surface area (Å²) < 4.78 is 0. The van der Waals surface area contributed by atoms with Crippen molar-refractivity contribution in [3.63, 3.8) is 0 Å². The maximum absolute atomic E-state index is 10.4. The highest BCUT2D eigenvalue weighted by Crippen LogP contribution is 2.11. The Morgan fingerprint density at radius 2 is 1.26 bits per heavy atom. The van der Waals surface area contributed by atoms with Gasteiger partial charge in [0.25, 0.3) is 0 Å². The van der Waals surface area contributed by atoms with E-state index in [0.717, 1.165) is 0 Å². The Balaban J connectivity index is 4.60. The molecular weight excluding hydrogens is 252 g/mol. The van der Waals surface area contributed by atoms with E-state index in [1.807, 2.05) is 0 Å². The summed E-state index contributed by atoms with van der Waals surface area (Å²) in [5.74, 6) is -2.60. The predicted molar refractivity (Wildman–Crippen MR) is 71.2 cm³/mol. The zero-order chi connectivity index (χ0) is 14.9. The molecule has 0 heterocycles. The summed E-state index contributed by atoms with van der Waals surface area (Å²) in [6, 6.07) is 0. The summed E-state index contributed by atoms with van der Waals surface area (Å²) in [4.78, 5) is 0. The maximum atomic E-state index is 10.4. The van der Waals surface area contributed by atoms with Crippen molar-refractivity contribution in [2.75, 3.05) is 26.3 Å². The molecular formula is C12H28N2O5. The Morgan fingerprint density at radius 3 is 1.53 bits per heavy atom. The van der Waals surface area contributed by atoms with Crippen LogP contribution in [0.2, 0.25) is 0 Å². The summed E-state index contributed by atoms with van der Waals surface area (Å²) in [5, 5.41) is 53.1. The van der Waals surface area contributed by atoms with Crippen LogP contribution in [-0.2, 0) is 0 Å². The summed E-state index contributed by atoms with van der Waals surface area (Å²) in [6.07, 6.45) is -0.238. The van der Waals surface area contributed by atoms with Gasteiger partial charge in [0.05, 0.1) is 31.3 Å². The van der Waals surface area contributed by atoms with Crippen LogP contribution in [0, 0.1) is 5.92 Å². The lowest BCUT2D eigenvalue weighted by atomic mass is 10.0. The summed E-state index contributed by atoms with van der Waals surface area (Å²) in [6.45, 7) is 2.96. The van der Waals surface area contributed by atoms with Crippen molar-refractivity contribution in [1.29, 1.82) is 0 Å². The van der Waals surface area contributed by atoms with Crippen LogP contribution < -0.4 is 10.6 Å². The fourth-order valence-electron chi connectivity index (χ4n) is 1.51. The smallest absolute Gasteiger partial charge is 0.179 e. The highest BCUT2D eigenvalue weighted by atomic mass is 16.3. The van der Waals surface area contributed by atoms with Gasteiger partial charge in [0.15, 0.2) is 5.85 Å². The summed E-state index contributed by atoms with van der Waals surface area (Å²) >= 11 is 0. The normalized spacial score (nSPS) is 18.3. The van der Waals surface area contributed by atoms with Crippen LogP contribution in [0.5, 0.6) is 0 Å². The van der Waals surface area contributed by atoms with Crippen LogP contribution in [0.4, 0.5) is 0 Å². The van der Waals surface area contributed by atoms with E-state index < -0.39 is 37.2 Å². The van der Waals surface area contributed by atoms with Gasteiger partial charge in [0, 0.05) is 13.1 Å². The molecule has 0 saturated heterocycles. The van der Waals surface area contributed by atoms with Crippen molar-refractivity contribution in [3.8, 4) is 0 Å². The molecule has 0 radical (unpaired) electrons. The molecule has 0 saturated carbocycles. The van der Waals surface area contributed by atoms with Crippen LogP contribution in [0.15, 0.2) is 0 Å². The number of nitrogens with one attached hydrogen (secondary N) is 2. The number of hydrogen-bond donors (Lipinski definition) is 7. The van der Waals surface area contributed by atoms with E-state index in [9.17, 15) is 25.5 Å². The van der Waals surface area contributed by atoms with Gasteiger partial charge in [-0.15, -0.1) is 0 Å². The van der Waals surface area contributed by atoms with Gasteiger partial charge in [-0.2, -0.15) is 0 Å². The van der Waals surface area contributed by atoms with Gasteiger partial charge in [0.2, 0.25) is 0 Å². The molecule has 2 unspecified atom stereocenters. The molecule has 0 aliphatic heterocycles. The molecule has 0 aromatic heterocycles. The van der Waals surface area contributed by atoms with Crippen LogP contribution in [-0.4, -0.2) is 69.9 Å². The van der Waals surface area contributed by atoms with Gasteiger partial charge >= 0.3 is 0 Å². The molecule has 0 aromatic rings. The summed E-state index contributed by atoms with van der Waals surface area (Å²) in [5.41, 5.74) is 0. The minimum Gasteiger partial charge on any atom is -0.396 e. The van der Waals surface area contributed by atoms with Crippen molar-refractivity contribution >= 4 is 0 Å². The second-order valence-corrected chi connectivity index (χ2v) is 4.71. The number of rotatable bonds is 11. The fraction of sp³-hybridized carbons (Fsp3) is 1.00. The van der Waals surface area contributed by atoms with Crippen LogP contribution in [0.3, 0.4) is 0 Å². The standard InChI is InChI=1S/C12H28N2O5/c1-3-10(17)5-13-12(19,9(7-15)8-16)14-6-11(18)4-2/h9-11,13-19H,3-8H2,1-2H3. The molecule has 116 valence electrons. The number of aliphatic hydroxyl groups excluding tert-OH is 4. The van der Waals surface area contributed by atoms with Crippen molar-refractivity contribution in [2.45, 2.75) is 44.7 Å². The first-order valence-corrected chi connectivity index (χ1v) is 6.73. The van der Waals surface area contributed by atoms with E-state index in [1.165, 1.54) is 0 Å². The van der Waals surface area contributed by atoms with Crippen molar-refractivity contribution in [2.24, 2.45) is 5.92 Å². The highest BCUT2D eigenvalue weighted by molar-refractivity contribution is 4.83. The van der Waals surface area contributed by atoms with Gasteiger partial charge in [-0.3, -0.25) is 10.6 Å². The lowest BCUT2D eigenvalue weighted by molar-refractivity contribution is -0.117. The zero-order valence-electron chi connectivity index (χ0n) is 11.7. The van der Waals surface area contributed by atoms with Crippen LogP contribution >= 0.6 is 0 Å². The molecule has 19 heavy (non-hydrogen) atoms. The number of hydrogen-bond acceptors (Lipinski definition) is 7. The maximum Gasteiger partial charge on any atom is 0.179 e. The minimum absolute atomic E-state index is 0.110. The third-order valence-corrected chi connectivity index (χ3v) is 3.19. The van der Waals surface area contributed by atoms with E-state index >= 15 is 0 Å². The largest absolute Gasteiger partial charge is 0.396 e. The zero-order valence-corrected chi connectivity index (χ0v) is 11.7. The molecule has 0 fully saturated rings. The molecule has 0 amide bonds. The van der Waals surface area contributed by atoms with Gasteiger partial charge in [0.1, 0.15) is 0 Å².